The number of phenols is 2. The van der Waals surface area contributed by atoms with Crippen LogP contribution >= 0.6 is 0 Å². The predicted molar refractivity (Wildman–Crippen MR) is 109 cm³/mol. The number of hydrogen-bond donors (Lipinski definition) is 2. The van der Waals surface area contributed by atoms with Gasteiger partial charge < -0.3 is 10.2 Å². The number of rotatable bonds is 2. The third-order valence-electron chi connectivity index (χ3n) is 5.24. The third kappa shape index (κ3) is 3.00. The van der Waals surface area contributed by atoms with Crippen molar-refractivity contribution < 1.29 is 13.1 Å². The molecule has 3 aromatic carbocycles. The highest BCUT2D eigenvalue weighted by Gasteiger charge is 2.13. The number of phenolic OH excluding ortho intramolecular Hbond substituents is 2. The van der Waals surface area contributed by atoms with Crippen molar-refractivity contribution in [3.05, 3.63) is 70.3 Å². The lowest BCUT2D eigenvalue weighted by Crippen LogP contribution is -1.95. The zero-order valence-electron chi connectivity index (χ0n) is 15.4. The van der Waals surface area contributed by atoms with Gasteiger partial charge in [-0.05, 0) is 109 Å². The Morgan fingerprint density at radius 3 is 1.96 bits per heavy atom. The molecule has 0 fully saturated rings. The number of aryl methyl sites for hydroxylation is 2. The topological polar surface area (TPSA) is 40.5 Å². The molecule has 0 bridgehead atoms. The molecule has 25 heavy (non-hydrogen) atoms. The zero-order chi connectivity index (χ0) is 18.3. The van der Waals surface area contributed by atoms with E-state index in [1.165, 1.54) is 16.7 Å². The molecule has 132 valence electrons. The fourth-order valence-corrected chi connectivity index (χ4v) is 3.36. The molecular weight excluding hydrogens is 308 g/mol. The maximum atomic E-state index is 9.97. The maximum absolute atomic E-state index is 9.97. The van der Waals surface area contributed by atoms with Gasteiger partial charge >= 0.3 is 0 Å². The van der Waals surface area contributed by atoms with E-state index in [2.05, 4.69) is 32.9 Å². The van der Waals surface area contributed by atoms with Gasteiger partial charge in [0, 0.05) is 2.85 Å². The Labute approximate surface area is 152 Å². The molecule has 0 aromatic heterocycles. The molecule has 0 amide bonds. The van der Waals surface area contributed by atoms with E-state index in [0.717, 1.165) is 33.4 Å². The molecule has 2 nitrogen and oxygen atoms in total. The summed E-state index contributed by atoms with van der Waals surface area (Å²) >= 11 is 0. The Balaban J connectivity index is 0.00000182. The van der Waals surface area contributed by atoms with Gasteiger partial charge in [-0.3, -0.25) is 0 Å². The van der Waals surface area contributed by atoms with Gasteiger partial charge in [0.05, 0.1) is 0 Å². The Hall–Kier alpha value is -2.74. The van der Waals surface area contributed by atoms with Crippen LogP contribution in [-0.4, -0.2) is 10.2 Å². The van der Waals surface area contributed by atoms with Crippen LogP contribution in [-0.2, 0) is 0 Å². The molecule has 0 aliphatic heterocycles. The summed E-state index contributed by atoms with van der Waals surface area (Å²) in [5, 5.41) is 19.7. The van der Waals surface area contributed by atoms with Crippen molar-refractivity contribution in [3.8, 4) is 33.8 Å². The minimum Gasteiger partial charge on any atom is -0.508 e. The van der Waals surface area contributed by atoms with Crippen LogP contribution in [0.15, 0.2) is 42.5 Å². The second-order valence-corrected chi connectivity index (χ2v) is 6.85. The molecule has 0 atom stereocenters. The zero-order valence-corrected chi connectivity index (χ0v) is 15.4. The first-order chi connectivity index (χ1) is 11.8. The second kappa shape index (κ2) is 6.29. The van der Waals surface area contributed by atoms with Crippen LogP contribution in [0, 0.1) is 34.6 Å². The molecule has 3 aromatic rings. The normalized spacial score (nSPS) is 10.9. The predicted octanol–water partition coefficient (Wildman–Crippen LogP) is 6.47. The summed E-state index contributed by atoms with van der Waals surface area (Å²) in [6.07, 6.45) is 0. The Bertz CT molecular complexity index is 979. The summed E-state index contributed by atoms with van der Waals surface area (Å²) in [5.74, 6) is 0.622. The van der Waals surface area contributed by atoms with Crippen molar-refractivity contribution in [2.75, 3.05) is 0 Å². The van der Waals surface area contributed by atoms with E-state index in [9.17, 15) is 10.2 Å². The molecule has 0 aliphatic rings. The van der Waals surface area contributed by atoms with Gasteiger partial charge in [-0.25, -0.2) is 0 Å². The van der Waals surface area contributed by atoms with E-state index in [1.807, 2.05) is 26.0 Å². The van der Waals surface area contributed by atoms with Crippen molar-refractivity contribution in [1.82, 2.24) is 0 Å². The van der Waals surface area contributed by atoms with Gasteiger partial charge in [0.2, 0.25) is 0 Å². The van der Waals surface area contributed by atoms with Crippen LogP contribution in [0.2, 0.25) is 0 Å². The van der Waals surface area contributed by atoms with Crippen LogP contribution in [0.1, 0.15) is 30.7 Å². The van der Waals surface area contributed by atoms with Crippen LogP contribution in [0.25, 0.3) is 22.3 Å². The average molecular weight is 336 g/mol. The SMILES string of the molecule is Cc1cc(O)ccc1-c1cc(C)c(C)c(-c2ccc(O)c(C)c2C)c1.[HH].[HH]. The van der Waals surface area contributed by atoms with E-state index in [-0.39, 0.29) is 8.60 Å². The van der Waals surface area contributed by atoms with E-state index in [4.69, 9.17) is 0 Å². The van der Waals surface area contributed by atoms with Crippen molar-refractivity contribution in [3.63, 3.8) is 0 Å². The lowest BCUT2D eigenvalue weighted by molar-refractivity contribution is 0.470. The highest BCUT2D eigenvalue weighted by molar-refractivity contribution is 5.80. The molecule has 0 saturated carbocycles. The first-order valence-corrected chi connectivity index (χ1v) is 8.50. The first kappa shape index (κ1) is 17.1. The van der Waals surface area contributed by atoms with Crippen molar-refractivity contribution in [2.45, 2.75) is 34.6 Å². The lowest BCUT2D eigenvalue weighted by Gasteiger charge is -2.17. The van der Waals surface area contributed by atoms with Gasteiger partial charge in [-0.15, -0.1) is 0 Å². The molecule has 2 heteroatoms. The summed E-state index contributed by atoms with van der Waals surface area (Å²) in [7, 11) is 0. The Morgan fingerprint density at radius 1 is 0.600 bits per heavy atom. The quantitative estimate of drug-likeness (QED) is 0.563. The molecule has 0 heterocycles. The summed E-state index contributed by atoms with van der Waals surface area (Å²) in [6.45, 7) is 10.3. The molecule has 0 unspecified atom stereocenters. The smallest absolute Gasteiger partial charge is 0.118 e. The van der Waals surface area contributed by atoms with Crippen LogP contribution in [0.5, 0.6) is 11.5 Å². The number of hydrogen-bond acceptors (Lipinski definition) is 2. The maximum Gasteiger partial charge on any atom is 0.118 e. The number of aromatic hydroxyl groups is 2. The minimum absolute atomic E-state index is 0. The Kier molecular flexibility index (Phi) is 4.30. The average Bonchev–Trinajstić information content (AvgIpc) is 2.56. The number of benzene rings is 3. The van der Waals surface area contributed by atoms with Gasteiger partial charge in [0.1, 0.15) is 11.5 Å². The summed E-state index contributed by atoms with van der Waals surface area (Å²) in [6, 6.07) is 13.7. The van der Waals surface area contributed by atoms with E-state index < -0.39 is 0 Å². The highest BCUT2D eigenvalue weighted by atomic mass is 16.3. The first-order valence-electron chi connectivity index (χ1n) is 8.50. The molecule has 3 rings (SSSR count). The highest BCUT2D eigenvalue weighted by Crippen LogP contribution is 2.37. The van der Waals surface area contributed by atoms with Crippen LogP contribution in [0.4, 0.5) is 0 Å². The molecule has 2 N–H and O–H groups in total. The largest absolute Gasteiger partial charge is 0.508 e. The summed E-state index contributed by atoms with van der Waals surface area (Å²) in [5.41, 5.74) is 10.1. The molecule has 0 saturated heterocycles. The van der Waals surface area contributed by atoms with Crippen molar-refractivity contribution >= 4 is 0 Å². The summed E-state index contributed by atoms with van der Waals surface area (Å²) in [4.78, 5) is 0. The third-order valence-corrected chi connectivity index (χ3v) is 5.24. The molecular formula is C23H28O2. The monoisotopic (exact) mass is 336 g/mol. The van der Waals surface area contributed by atoms with Crippen LogP contribution in [0.3, 0.4) is 0 Å². The summed E-state index contributed by atoms with van der Waals surface area (Å²) < 4.78 is 0. The minimum atomic E-state index is 0. The van der Waals surface area contributed by atoms with E-state index in [1.54, 1.807) is 18.2 Å². The van der Waals surface area contributed by atoms with Gasteiger partial charge in [-0.1, -0.05) is 18.2 Å². The fraction of sp³-hybridized carbons (Fsp3) is 0.217. The van der Waals surface area contributed by atoms with Crippen molar-refractivity contribution in [1.29, 1.82) is 0 Å². The molecule has 0 aliphatic carbocycles. The fourth-order valence-electron chi connectivity index (χ4n) is 3.36. The lowest BCUT2D eigenvalue weighted by atomic mass is 9.88. The van der Waals surface area contributed by atoms with E-state index >= 15 is 0 Å². The molecule has 0 radical (unpaired) electrons. The van der Waals surface area contributed by atoms with E-state index in [0.29, 0.717) is 5.75 Å². The van der Waals surface area contributed by atoms with Gasteiger partial charge in [0.25, 0.3) is 0 Å². The van der Waals surface area contributed by atoms with Crippen LogP contribution < -0.4 is 0 Å². The van der Waals surface area contributed by atoms with Crippen molar-refractivity contribution in [2.24, 2.45) is 0 Å². The Morgan fingerprint density at radius 2 is 1.28 bits per heavy atom. The van der Waals surface area contributed by atoms with Gasteiger partial charge in [-0.2, -0.15) is 0 Å². The standard InChI is InChI=1S/C23H24O2.2H2/c1-13-10-18(20-7-6-19(24)11-14(20)2)12-22(15(13)3)21-8-9-23(25)17(5)16(21)4;;/h6-12,24-25H,1-5H3;2*1H. The molecule has 0 spiro atoms. The second-order valence-electron chi connectivity index (χ2n) is 6.85. The van der Waals surface area contributed by atoms with Gasteiger partial charge in [0.15, 0.2) is 0 Å².